The number of nitrogens with zero attached hydrogens (tertiary/aromatic N) is 2. The van der Waals surface area contributed by atoms with Crippen LogP contribution in [0.15, 0.2) is 0 Å². The van der Waals surface area contributed by atoms with Crippen molar-refractivity contribution >= 4 is 40.4 Å². The Morgan fingerprint density at radius 3 is 2.17 bits per heavy atom. The first-order valence-electron chi connectivity index (χ1n) is 9.33. The van der Waals surface area contributed by atoms with Crippen molar-refractivity contribution in [1.29, 1.82) is 0 Å². The summed E-state index contributed by atoms with van der Waals surface area (Å²) in [5.41, 5.74) is 0. The Labute approximate surface area is 155 Å². The van der Waals surface area contributed by atoms with Gasteiger partial charge in [-0.2, -0.15) is 3.71 Å². The molecule has 0 radical (unpaired) electrons. The molecule has 3 rings (SSSR count). The van der Waals surface area contributed by atoms with Crippen LogP contribution < -0.4 is 0 Å². The van der Waals surface area contributed by atoms with Crippen molar-refractivity contribution in [3.05, 3.63) is 0 Å². The van der Waals surface area contributed by atoms with Crippen LogP contribution in [0, 0.1) is 0 Å². The third-order valence-electron chi connectivity index (χ3n) is 5.12. The van der Waals surface area contributed by atoms with Gasteiger partial charge in [0.05, 0.1) is 13.2 Å². The van der Waals surface area contributed by atoms with Gasteiger partial charge in [0.2, 0.25) is 0 Å². The Balaban J connectivity index is 1.57. The van der Waals surface area contributed by atoms with Gasteiger partial charge in [-0.3, -0.25) is 0 Å². The molecule has 0 N–H and O–H groups in total. The van der Waals surface area contributed by atoms with E-state index >= 15 is 0 Å². The summed E-state index contributed by atoms with van der Waals surface area (Å²) in [5.74, 6) is 0. The molecule has 132 valence electrons. The molecule has 1 heterocycles. The van der Waals surface area contributed by atoms with Crippen molar-refractivity contribution in [3.8, 4) is 0 Å². The topological polar surface area (TPSA) is 15.7 Å². The Kier molecular flexibility index (Phi) is 7.84. The van der Waals surface area contributed by atoms with E-state index in [2.05, 4.69) is 20.6 Å². The van der Waals surface area contributed by atoms with Crippen molar-refractivity contribution in [1.82, 2.24) is 8.61 Å². The van der Waals surface area contributed by atoms with Crippen molar-refractivity contribution in [2.45, 2.75) is 75.5 Å². The van der Waals surface area contributed by atoms with Gasteiger partial charge in [0.1, 0.15) is 0 Å². The Morgan fingerprint density at radius 2 is 1.52 bits per heavy atom. The van der Waals surface area contributed by atoms with E-state index < -0.39 is 0 Å². The second-order valence-corrected chi connectivity index (χ2v) is 10.0. The van der Waals surface area contributed by atoms with Gasteiger partial charge in [-0.1, -0.05) is 62.7 Å². The predicted molar refractivity (Wildman–Crippen MR) is 106 cm³/mol. The van der Waals surface area contributed by atoms with E-state index in [0.29, 0.717) is 6.04 Å². The summed E-state index contributed by atoms with van der Waals surface area (Å²) in [6.45, 7) is 3.55. The van der Waals surface area contributed by atoms with Crippen LogP contribution in [-0.2, 0) is 4.74 Å². The highest BCUT2D eigenvalue weighted by Crippen LogP contribution is 2.40. The maximum Gasteiger partial charge on any atom is 0.152 e. The van der Waals surface area contributed by atoms with E-state index in [0.717, 1.165) is 35.9 Å². The van der Waals surface area contributed by atoms with Crippen molar-refractivity contribution < 1.29 is 4.74 Å². The lowest BCUT2D eigenvalue weighted by atomic mass is 9.96. The molecule has 2 aliphatic carbocycles. The molecule has 1 aliphatic heterocycles. The normalized spacial score (nSPS) is 25.0. The number of ether oxygens (including phenoxy) is 1. The van der Waals surface area contributed by atoms with Gasteiger partial charge in [-0.25, -0.2) is 0 Å². The van der Waals surface area contributed by atoms with Crippen molar-refractivity contribution in [2.75, 3.05) is 26.3 Å². The molecule has 3 aliphatic rings. The maximum absolute atomic E-state index is 5.77. The van der Waals surface area contributed by atoms with Gasteiger partial charge in [0.25, 0.3) is 0 Å². The van der Waals surface area contributed by atoms with Crippen LogP contribution in [0.5, 0.6) is 0 Å². The molecule has 1 saturated heterocycles. The van der Waals surface area contributed by atoms with Crippen LogP contribution in [0.4, 0.5) is 0 Å². The first-order chi connectivity index (χ1) is 11.3. The van der Waals surface area contributed by atoms with Crippen LogP contribution in [-0.4, -0.2) is 50.5 Å². The minimum Gasteiger partial charge on any atom is -0.378 e. The minimum absolute atomic E-state index is 0.708. The van der Waals surface area contributed by atoms with Crippen LogP contribution in [0.2, 0.25) is 0 Å². The van der Waals surface area contributed by atoms with Crippen LogP contribution in [0.25, 0.3) is 0 Å². The zero-order valence-electron chi connectivity index (χ0n) is 14.1. The second kappa shape index (κ2) is 9.85. The van der Waals surface area contributed by atoms with Gasteiger partial charge in [0, 0.05) is 24.4 Å². The molecule has 0 aromatic carbocycles. The number of hydrogen-bond acceptors (Lipinski definition) is 5. The van der Waals surface area contributed by atoms with Gasteiger partial charge in [-0.05, 0) is 37.6 Å². The van der Waals surface area contributed by atoms with Crippen molar-refractivity contribution in [3.63, 3.8) is 0 Å². The molecule has 0 aromatic rings. The highest BCUT2D eigenvalue weighted by molar-refractivity contribution is 8.26. The fourth-order valence-electron chi connectivity index (χ4n) is 3.67. The summed E-state index contributed by atoms with van der Waals surface area (Å²) in [5, 5.41) is 0.811. The van der Waals surface area contributed by atoms with E-state index in [4.69, 9.17) is 17.0 Å². The van der Waals surface area contributed by atoms with Crippen LogP contribution in [0.1, 0.15) is 64.2 Å². The largest absolute Gasteiger partial charge is 0.378 e. The lowest BCUT2D eigenvalue weighted by Crippen LogP contribution is -2.40. The molecule has 0 spiro atoms. The lowest BCUT2D eigenvalue weighted by molar-refractivity contribution is 0.0702. The summed E-state index contributed by atoms with van der Waals surface area (Å²) in [6, 6.07) is 0.708. The highest BCUT2D eigenvalue weighted by Gasteiger charge is 2.28. The molecule has 3 fully saturated rings. The molecule has 0 unspecified atom stereocenters. The fraction of sp³-hybridized carbons (Fsp3) is 0.941. The van der Waals surface area contributed by atoms with Crippen LogP contribution in [0.3, 0.4) is 0 Å². The summed E-state index contributed by atoms with van der Waals surface area (Å²) >= 11 is 9.73. The summed E-state index contributed by atoms with van der Waals surface area (Å²) in [6.07, 6.45) is 13.9. The third kappa shape index (κ3) is 5.77. The van der Waals surface area contributed by atoms with E-state index in [9.17, 15) is 0 Å². The van der Waals surface area contributed by atoms with E-state index in [-0.39, 0.29) is 0 Å². The molecule has 0 bridgehead atoms. The molecule has 23 heavy (non-hydrogen) atoms. The summed E-state index contributed by atoms with van der Waals surface area (Å²) in [7, 11) is 0. The van der Waals surface area contributed by atoms with E-state index in [1.54, 1.807) is 0 Å². The minimum atomic E-state index is 0.708. The zero-order valence-corrected chi connectivity index (χ0v) is 16.5. The molecular weight excluding hydrogens is 344 g/mol. The second-order valence-electron chi connectivity index (χ2n) is 6.90. The quantitative estimate of drug-likeness (QED) is 0.512. The first kappa shape index (κ1) is 18.3. The van der Waals surface area contributed by atoms with Crippen LogP contribution >= 0.6 is 36.1 Å². The average Bonchev–Trinajstić information content (AvgIpc) is 2.63. The zero-order chi connectivity index (χ0) is 15.9. The van der Waals surface area contributed by atoms with Gasteiger partial charge in [0.15, 0.2) is 4.32 Å². The monoisotopic (exact) mass is 374 g/mol. The van der Waals surface area contributed by atoms with Gasteiger partial charge >= 0.3 is 0 Å². The molecule has 2 saturated carbocycles. The van der Waals surface area contributed by atoms with E-state index in [1.807, 2.05) is 11.9 Å². The number of rotatable bonds is 4. The maximum atomic E-state index is 5.77. The number of morpholine rings is 1. The van der Waals surface area contributed by atoms with Crippen molar-refractivity contribution in [2.24, 2.45) is 0 Å². The Bertz CT molecular complexity index is 365. The SMILES string of the molecule is S=C(SN(SC1CCCCC1)C1CCCCC1)N1CCOCC1. The Hall–Kier alpha value is 0.510. The molecule has 0 amide bonds. The standard InChI is InChI=1S/C17H30N2OS3/c21-17(18-11-13-20-14-12-18)23-19(15-7-3-1-4-8-15)22-16-9-5-2-6-10-16/h15-16H,1-14H2. The van der Waals surface area contributed by atoms with Gasteiger partial charge < -0.3 is 9.64 Å². The lowest BCUT2D eigenvalue weighted by Gasteiger charge is -2.37. The number of thiocarbonyl (C=S) groups is 1. The van der Waals surface area contributed by atoms with Gasteiger partial charge in [-0.15, -0.1) is 0 Å². The fourth-order valence-corrected chi connectivity index (χ4v) is 7.02. The van der Waals surface area contributed by atoms with E-state index in [1.165, 1.54) is 64.2 Å². The highest BCUT2D eigenvalue weighted by atomic mass is 32.2. The predicted octanol–water partition coefficient (Wildman–Crippen LogP) is 4.87. The number of hydrogen-bond donors (Lipinski definition) is 0. The molecule has 3 nitrogen and oxygen atoms in total. The Morgan fingerprint density at radius 1 is 0.913 bits per heavy atom. The summed E-state index contributed by atoms with van der Waals surface area (Å²) < 4.78 is 9.12. The molecule has 0 atom stereocenters. The average molecular weight is 375 g/mol. The summed E-state index contributed by atoms with van der Waals surface area (Å²) in [4.78, 5) is 2.33. The third-order valence-corrected chi connectivity index (χ3v) is 8.25. The first-order valence-corrected chi connectivity index (χ1v) is 11.4. The molecule has 6 heteroatoms. The smallest absolute Gasteiger partial charge is 0.152 e. The molecular formula is C17H30N2OS3. The molecule has 0 aromatic heterocycles.